The molecule has 0 spiro atoms. The third kappa shape index (κ3) is 148. The Kier molecular flexibility index (Phi) is 92.2. The summed E-state index contributed by atoms with van der Waals surface area (Å²) in [5, 5.41) is 5.45. The molecule has 0 saturated carbocycles. The van der Waals surface area contributed by atoms with E-state index >= 15 is 0 Å². The summed E-state index contributed by atoms with van der Waals surface area (Å²) in [6, 6.07) is 0. The molecule has 0 aliphatic heterocycles. The number of ether oxygens (including phenoxy) is 16. The van der Waals surface area contributed by atoms with Gasteiger partial charge in [0.2, 0.25) is 11.8 Å². The van der Waals surface area contributed by atoms with E-state index in [2.05, 4.69) is 262 Å². The van der Waals surface area contributed by atoms with E-state index < -0.39 is 17.9 Å². The second-order valence-corrected chi connectivity index (χ2v) is 41.7. The highest BCUT2D eigenvalue weighted by Gasteiger charge is 2.17. The molecule has 0 atom stereocenters. The van der Waals surface area contributed by atoms with Crippen molar-refractivity contribution in [2.75, 3.05) is 165 Å². The third-order valence-electron chi connectivity index (χ3n) is 14.9. The number of hydrogen-bond donors (Lipinski definition) is 2. The maximum atomic E-state index is 11.1. The lowest BCUT2D eigenvalue weighted by atomic mass is 9.91. The van der Waals surface area contributed by atoms with Crippen LogP contribution in [0, 0.1) is 48.7 Å². The van der Waals surface area contributed by atoms with Gasteiger partial charge >= 0.3 is 41.8 Å². The van der Waals surface area contributed by atoms with Crippen molar-refractivity contribution >= 4 is 53.6 Å². The molecule has 0 aliphatic rings. The van der Waals surface area contributed by atoms with Gasteiger partial charge in [-0.15, -0.1) is 0 Å². The highest BCUT2D eigenvalue weighted by atomic mass is 16.7. The van der Waals surface area contributed by atoms with Gasteiger partial charge in [-0.3, -0.25) is 9.59 Å². The first-order valence-electron chi connectivity index (χ1n) is 45.8. The van der Waals surface area contributed by atoms with Crippen molar-refractivity contribution in [3.8, 4) is 0 Å². The summed E-state index contributed by atoms with van der Waals surface area (Å²) < 4.78 is 81.6. The zero-order chi connectivity index (χ0) is 103. The Morgan fingerprint density at radius 2 is 0.473 bits per heavy atom. The van der Waals surface area contributed by atoms with E-state index in [4.69, 9.17) is 71.1 Å². The summed E-state index contributed by atoms with van der Waals surface area (Å²) in [7, 11) is 0. The second kappa shape index (κ2) is 85.4. The van der Waals surface area contributed by atoms with Crippen molar-refractivity contribution in [1.29, 1.82) is 0 Å². The lowest BCUT2D eigenvalue weighted by Gasteiger charge is -2.17. The summed E-state index contributed by atoms with van der Waals surface area (Å²) in [5.74, 6) is -2.87. The van der Waals surface area contributed by atoms with Crippen LogP contribution in [-0.4, -0.2) is 219 Å². The SMILES string of the molecule is C=C(C)C(=O)NCCCOCC(C)(C)C.C=C(C)C(=O)OCCCOCC(C)(C)C.C=C(C)C(=O)OCCOCCC(C)(C)C.C=C(C)C(=O)OCOCCCC(C)(C)C.C=CC(=O)NCCCOCC(C)(C)C.C=CC(=O)OCCCOCC(C)(C)C.C=CC(=O)OCCCOCCC(C)(C)C.C=CC(=O)OCCOCCC(C)(C)C.C=CC(=O)OCOCCCC(C)(C)C. The van der Waals surface area contributed by atoms with Crippen molar-refractivity contribution in [2.45, 2.75) is 292 Å². The van der Waals surface area contributed by atoms with Crippen LogP contribution >= 0.6 is 0 Å². The zero-order valence-corrected chi connectivity index (χ0v) is 88.6. The van der Waals surface area contributed by atoms with Crippen LogP contribution < -0.4 is 10.6 Å². The van der Waals surface area contributed by atoms with Gasteiger partial charge in [0.05, 0.1) is 72.7 Å². The fourth-order valence-electron chi connectivity index (χ4n) is 7.65. The smallest absolute Gasteiger partial charge is 0.335 e. The molecule has 0 radical (unpaired) electrons. The van der Waals surface area contributed by atoms with Crippen molar-refractivity contribution < 1.29 is 119 Å². The first-order valence-corrected chi connectivity index (χ1v) is 45.8. The Bertz CT molecular complexity index is 2690. The Balaban J connectivity index is -0.000000183. The average molecular weight is 1870 g/mol. The first kappa shape index (κ1) is 141. The van der Waals surface area contributed by atoms with Gasteiger partial charge in [-0.05, 0) is 140 Å². The number of amides is 2. The van der Waals surface area contributed by atoms with Crippen LogP contribution in [-0.2, 0) is 119 Å². The zero-order valence-electron chi connectivity index (χ0n) is 88.6. The topological polar surface area (TPSA) is 325 Å². The van der Waals surface area contributed by atoms with Crippen LogP contribution in [0.5, 0.6) is 0 Å². The van der Waals surface area contributed by atoms with E-state index in [0.29, 0.717) is 157 Å². The fourth-order valence-corrected chi connectivity index (χ4v) is 7.65. The molecule has 0 bridgehead atoms. The summed E-state index contributed by atoms with van der Waals surface area (Å²) in [5.41, 5.74) is 4.16. The van der Waals surface area contributed by atoms with E-state index in [0.717, 1.165) is 128 Å². The monoisotopic (exact) mass is 1870 g/mol. The van der Waals surface area contributed by atoms with Crippen molar-refractivity contribution in [1.82, 2.24) is 10.6 Å². The molecule has 0 aromatic carbocycles. The summed E-state index contributed by atoms with van der Waals surface area (Å²) in [6.07, 6.45) is 17.0. The minimum absolute atomic E-state index is 0.0228. The van der Waals surface area contributed by atoms with E-state index in [1.54, 1.807) is 27.7 Å². The number of carbonyl (C=O) groups excluding carboxylic acids is 9. The Hall–Kier alpha value is -7.47. The summed E-state index contributed by atoms with van der Waals surface area (Å²) in [4.78, 5) is 97.1. The summed E-state index contributed by atoms with van der Waals surface area (Å²) >= 11 is 0. The Labute approximate surface area is 797 Å². The minimum Gasteiger partial charge on any atom is -0.462 e. The van der Waals surface area contributed by atoms with Gasteiger partial charge in [-0.25, -0.2) is 33.6 Å². The van der Waals surface area contributed by atoms with E-state index in [9.17, 15) is 43.2 Å². The molecule has 2 N–H and O–H groups in total. The Morgan fingerprint density at radius 1 is 0.229 bits per heavy atom. The predicted molar refractivity (Wildman–Crippen MR) is 531 cm³/mol. The van der Waals surface area contributed by atoms with Crippen molar-refractivity contribution in [3.63, 3.8) is 0 Å². The van der Waals surface area contributed by atoms with Crippen molar-refractivity contribution in [2.24, 2.45) is 48.7 Å². The molecule has 0 aromatic heterocycles. The van der Waals surface area contributed by atoms with E-state index in [1.807, 2.05) is 0 Å². The number of rotatable bonds is 55. The molecule has 0 fully saturated rings. The summed E-state index contributed by atoms with van der Waals surface area (Å²) in [6.45, 7) is 109. The van der Waals surface area contributed by atoms with Crippen LogP contribution in [0.15, 0.2) is 112 Å². The molecule has 768 valence electrons. The van der Waals surface area contributed by atoms with Gasteiger partial charge in [0, 0.05) is 132 Å². The molecule has 0 aliphatic carbocycles. The van der Waals surface area contributed by atoms with Crippen LogP contribution in [0.2, 0.25) is 0 Å². The molecule has 0 rings (SSSR count). The molecule has 131 heavy (non-hydrogen) atoms. The molecule has 0 aromatic rings. The number of nitrogens with one attached hydrogen (secondary N) is 2. The quantitative estimate of drug-likeness (QED) is 0.0188. The molecule has 27 heteroatoms. The van der Waals surface area contributed by atoms with Crippen LogP contribution in [0.1, 0.15) is 292 Å². The first-order chi connectivity index (χ1) is 60.1. The number of esters is 7. The Morgan fingerprint density at radius 3 is 0.763 bits per heavy atom. The maximum Gasteiger partial charge on any atom is 0.335 e. The third-order valence-corrected chi connectivity index (χ3v) is 14.9. The molecule has 0 saturated heterocycles. The number of hydrogen-bond acceptors (Lipinski definition) is 25. The molecule has 2 amide bonds. The lowest BCUT2D eigenvalue weighted by molar-refractivity contribution is -0.152. The van der Waals surface area contributed by atoms with Gasteiger partial charge in [-0.1, -0.05) is 246 Å². The van der Waals surface area contributed by atoms with Gasteiger partial charge in [-0.2, -0.15) is 0 Å². The minimum atomic E-state index is -0.444. The average Bonchev–Trinajstić information content (AvgIpc) is 0.998. The van der Waals surface area contributed by atoms with Gasteiger partial charge in [0.15, 0.2) is 13.6 Å². The second-order valence-electron chi connectivity index (χ2n) is 41.7. The van der Waals surface area contributed by atoms with Crippen molar-refractivity contribution in [3.05, 3.63) is 112 Å². The van der Waals surface area contributed by atoms with Gasteiger partial charge in [0.1, 0.15) is 13.2 Å². The van der Waals surface area contributed by atoms with E-state index in [-0.39, 0.29) is 81.8 Å². The largest absolute Gasteiger partial charge is 0.462 e. The number of carbonyl (C=O) groups is 9. The molecule has 27 nitrogen and oxygen atoms in total. The maximum absolute atomic E-state index is 11.1. The fraction of sp³-hybridized carbons (Fsp3) is 0.740. The van der Waals surface area contributed by atoms with E-state index in [1.165, 1.54) is 12.2 Å². The van der Waals surface area contributed by atoms with Crippen LogP contribution in [0.4, 0.5) is 0 Å². The molecule has 0 unspecified atom stereocenters. The molecule has 0 heterocycles. The van der Waals surface area contributed by atoms with Crippen LogP contribution in [0.25, 0.3) is 0 Å². The van der Waals surface area contributed by atoms with Crippen LogP contribution in [0.3, 0.4) is 0 Å². The molecular formula is C104H192N2O25. The predicted octanol–water partition coefficient (Wildman–Crippen LogP) is 21.3. The highest BCUT2D eigenvalue weighted by molar-refractivity contribution is 5.92. The normalized spacial score (nSPS) is 11.1. The highest BCUT2D eigenvalue weighted by Crippen LogP contribution is 2.23. The standard InChI is InChI=1S/C12H23NO2.4C12H22O3.C11H21NO2.3C11H20O3/c1-10(2)11(14)13-7-6-8-15-9-12(3,4)5;1-10(2)11(13)15-9-8-14-7-6-12(3,4)5;1-10(2)11(13)15-8-6-7-14-9-12(3,4)5;1-10(2)11(13)15-9-14-8-6-7-12(3,4)5;1-5-11(13)15-9-6-8-14-10-7-12(2,3)4;1-5-10(13)12-7-6-8-14-9-11(2,3)4;1-5-10(12)14-9-8-13-7-6-11(2,3)4;1-5-10(12)14-8-6-7-13-9-11(2,3)4;1-5-10(12)14-9-13-8-6-7-11(2,3)4/h1,6-9H2,2-5H3,(H,13,14);3*1,6-9H2,2-5H3;5H,1,6-10H2,2-4H3;5H,1,6-9H2,2-4H3,(H,12,13);3*5H,1,6-9H2,2-4H3. The molecular weight excluding hydrogens is 1680 g/mol. The lowest BCUT2D eigenvalue weighted by Crippen LogP contribution is -2.26. The van der Waals surface area contributed by atoms with Gasteiger partial charge in [0.25, 0.3) is 0 Å². The van der Waals surface area contributed by atoms with Gasteiger partial charge < -0.3 is 86.4 Å².